The van der Waals surface area contributed by atoms with Crippen LogP contribution in [0.5, 0.6) is 0 Å². The molecule has 1 saturated heterocycles. The zero-order valence-electron chi connectivity index (χ0n) is 14.2. The molecule has 150 valence electrons. The van der Waals surface area contributed by atoms with E-state index in [0.717, 1.165) is 49.4 Å². The van der Waals surface area contributed by atoms with Crippen LogP contribution in [-0.2, 0) is 6.18 Å². The van der Waals surface area contributed by atoms with Crippen molar-refractivity contribution in [1.82, 2.24) is 15.6 Å². The van der Waals surface area contributed by atoms with E-state index in [0.29, 0.717) is 23.0 Å². The lowest BCUT2D eigenvalue weighted by atomic mass is 10.1. The molecule has 1 amide bonds. The van der Waals surface area contributed by atoms with Crippen LogP contribution in [0.15, 0.2) is 29.6 Å². The SMILES string of the molecule is Cl.Cl.O=C(NCCC1CCNC1)c1csc(-c2cccc(C(F)(F)F)c2)n1. The number of thiazole rings is 1. The number of carbonyl (C=O) groups is 1. The normalized spacial score (nSPS) is 16.3. The topological polar surface area (TPSA) is 54.0 Å². The molecule has 2 N–H and O–H groups in total. The second kappa shape index (κ2) is 10.3. The van der Waals surface area contributed by atoms with Crippen LogP contribution in [0, 0.1) is 5.92 Å². The molecule has 0 spiro atoms. The van der Waals surface area contributed by atoms with Crippen molar-refractivity contribution in [2.24, 2.45) is 5.92 Å². The van der Waals surface area contributed by atoms with Gasteiger partial charge in [0.1, 0.15) is 10.7 Å². The van der Waals surface area contributed by atoms with Crippen LogP contribution < -0.4 is 10.6 Å². The van der Waals surface area contributed by atoms with Gasteiger partial charge >= 0.3 is 6.18 Å². The molecule has 2 heterocycles. The average molecular weight is 442 g/mol. The number of halogens is 5. The fourth-order valence-corrected chi connectivity index (χ4v) is 3.58. The van der Waals surface area contributed by atoms with Crippen LogP contribution in [0.3, 0.4) is 0 Å². The van der Waals surface area contributed by atoms with Crippen LogP contribution in [0.25, 0.3) is 10.6 Å². The van der Waals surface area contributed by atoms with Gasteiger partial charge in [-0.25, -0.2) is 4.98 Å². The van der Waals surface area contributed by atoms with Gasteiger partial charge < -0.3 is 10.6 Å². The first kappa shape index (κ1) is 23.7. The monoisotopic (exact) mass is 441 g/mol. The van der Waals surface area contributed by atoms with E-state index in [1.807, 2.05) is 0 Å². The van der Waals surface area contributed by atoms with Gasteiger partial charge in [0.25, 0.3) is 5.91 Å². The maximum absolute atomic E-state index is 12.8. The molecule has 1 aliphatic heterocycles. The summed E-state index contributed by atoms with van der Waals surface area (Å²) < 4.78 is 38.4. The zero-order valence-corrected chi connectivity index (χ0v) is 16.7. The number of benzene rings is 1. The maximum Gasteiger partial charge on any atom is 0.416 e. The predicted molar refractivity (Wildman–Crippen MR) is 105 cm³/mol. The molecule has 0 radical (unpaired) electrons. The summed E-state index contributed by atoms with van der Waals surface area (Å²) in [6, 6.07) is 4.97. The molecule has 10 heteroatoms. The lowest BCUT2D eigenvalue weighted by Gasteiger charge is -2.08. The number of alkyl halides is 3. The molecule has 0 saturated carbocycles. The van der Waals surface area contributed by atoms with Gasteiger partial charge in [-0.3, -0.25) is 4.79 Å². The molecule has 0 bridgehead atoms. The Kier molecular flexibility index (Phi) is 9.01. The molecular weight excluding hydrogens is 422 g/mol. The van der Waals surface area contributed by atoms with E-state index in [-0.39, 0.29) is 36.4 Å². The average Bonchev–Trinajstić information content (AvgIpc) is 3.26. The van der Waals surface area contributed by atoms with Gasteiger partial charge in [-0.15, -0.1) is 36.2 Å². The van der Waals surface area contributed by atoms with Crippen LogP contribution in [0.1, 0.15) is 28.9 Å². The lowest BCUT2D eigenvalue weighted by Crippen LogP contribution is -2.26. The summed E-state index contributed by atoms with van der Waals surface area (Å²) in [6.07, 6.45) is -2.38. The minimum atomic E-state index is -4.40. The third-order valence-electron chi connectivity index (χ3n) is 4.17. The second-order valence-corrected chi connectivity index (χ2v) is 6.88. The first-order chi connectivity index (χ1) is 11.9. The summed E-state index contributed by atoms with van der Waals surface area (Å²) in [5.41, 5.74) is -0.130. The molecule has 1 unspecified atom stereocenters. The Hall–Kier alpha value is -1.35. The number of amides is 1. The van der Waals surface area contributed by atoms with Crippen LogP contribution in [-0.4, -0.2) is 30.5 Å². The molecule has 1 atom stereocenters. The number of hydrogen-bond donors (Lipinski definition) is 2. The summed E-state index contributed by atoms with van der Waals surface area (Å²) in [6.45, 7) is 2.57. The van der Waals surface area contributed by atoms with Gasteiger partial charge in [-0.1, -0.05) is 12.1 Å². The third-order valence-corrected chi connectivity index (χ3v) is 5.07. The van der Waals surface area contributed by atoms with Crippen molar-refractivity contribution in [1.29, 1.82) is 0 Å². The predicted octanol–water partition coefficient (Wildman–Crippen LogP) is 4.40. The molecule has 1 aromatic carbocycles. The highest BCUT2D eigenvalue weighted by molar-refractivity contribution is 7.13. The van der Waals surface area contributed by atoms with Gasteiger partial charge in [-0.05, 0) is 44.0 Å². The van der Waals surface area contributed by atoms with Crippen LogP contribution >= 0.6 is 36.2 Å². The smallest absolute Gasteiger partial charge is 0.351 e. The van der Waals surface area contributed by atoms with Crippen molar-refractivity contribution in [2.45, 2.75) is 19.0 Å². The molecular formula is C17H20Cl2F3N3OS. The van der Waals surface area contributed by atoms with Crippen molar-refractivity contribution >= 4 is 42.1 Å². The van der Waals surface area contributed by atoms with E-state index in [4.69, 9.17) is 0 Å². The Morgan fingerprint density at radius 3 is 2.78 bits per heavy atom. The molecule has 1 aliphatic rings. The number of carbonyl (C=O) groups excluding carboxylic acids is 1. The molecule has 4 nitrogen and oxygen atoms in total. The Bertz CT molecular complexity index is 749. The van der Waals surface area contributed by atoms with Crippen molar-refractivity contribution in [3.8, 4) is 10.6 Å². The Labute approximate surface area is 171 Å². The first-order valence-electron chi connectivity index (χ1n) is 8.05. The van der Waals surface area contributed by atoms with E-state index in [9.17, 15) is 18.0 Å². The molecule has 0 aliphatic carbocycles. The van der Waals surface area contributed by atoms with Crippen molar-refractivity contribution in [3.05, 3.63) is 40.9 Å². The first-order valence-corrected chi connectivity index (χ1v) is 8.93. The van der Waals surface area contributed by atoms with Gasteiger partial charge in [0.15, 0.2) is 0 Å². The van der Waals surface area contributed by atoms with E-state index in [1.54, 1.807) is 11.4 Å². The largest absolute Gasteiger partial charge is 0.416 e. The second-order valence-electron chi connectivity index (χ2n) is 6.02. The molecule has 2 aromatic rings. The highest BCUT2D eigenvalue weighted by Crippen LogP contribution is 2.33. The minimum Gasteiger partial charge on any atom is -0.351 e. The third kappa shape index (κ3) is 6.34. The Morgan fingerprint density at radius 2 is 2.11 bits per heavy atom. The lowest BCUT2D eigenvalue weighted by molar-refractivity contribution is -0.137. The summed E-state index contributed by atoms with van der Waals surface area (Å²) in [5, 5.41) is 8.07. The quantitative estimate of drug-likeness (QED) is 0.722. The fraction of sp³-hybridized carbons (Fsp3) is 0.412. The highest BCUT2D eigenvalue weighted by Gasteiger charge is 2.30. The van der Waals surface area contributed by atoms with Gasteiger partial charge in [0.2, 0.25) is 0 Å². The Balaban J connectivity index is 0.00000182. The molecule has 1 fully saturated rings. The summed E-state index contributed by atoms with van der Waals surface area (Å²) in [7, 11) is 0. The number of rotatable bonds is 5. The van der Waals surface area contributed by atoms with Gasteiger partial charge in [-0.2, -0.15) is 13.2 Å². The van der Waals surface area contributed by atoms with Gasteiger partial charge in [0.05, 0.1) is 5.56 Å². The number of nitrogens with one attached hydrogen (secondary N) is 2. The number of nitrogens with zero attached hydrogens (tertiary/aromatic N) is 1. The molecule has 1 aromatic heterocycles. The fourth-order valence-electron chi connectivity index (χ4n) is 2.78. The van der Waals surface area contributed by atoms with Crippen molar-refractivity contribution < 1.29 is 18.0 Å². The minimum absolute atomic E-state index is 0. The van der Waals surface area contributed by atoms with E-state index >= 15 is 0 Å². The van der Waals surface area contributed by atoms with Crippen LogP contribution in [0.4, 0.5) is 13.2 Å². The molecule has 27 heavy (non-hydrogen) atoms. The van der Waals surface area contributed by atoms with E-state index in [1.165, 1.54) is 6.07 Å². The maximum atomic E-state index is 12.8. The summed E-state index contributed by atoms with van der Waals surface area (Å²) >= 11 is 1.16. The van der Waals surface area contributed by atoms with Crippen molar-refractivity contribution in [3.63, 3.8) is 0 Å². The molecule has 3 rings (SSSR count). The van der Waals surface area contributed by atoms with Gasteiger partial charge in [0, 0.05) is 17.5 Å². The van der Waals surface area contributed by atoms with Crippen molar-refractivity contribution in [2.75, 3.05) is 19.6 Å². The van der Waals surface area contributed by atoms with E-state index < -0.39 is 11.7 Å². The van der Waals surface area contributed by atoms with Crippen LogP contribution in [0.2, 0.25) is 0 Å². The Morgan fingerprint density at radius 1 is 1.33 bits per heavy atom. The standard InChI is InChI=1S/C17H18F3N3OS.2ClH/c18-17(19,20)13-3-1-2-12(8-13)16-23-14(10-25-16)15(24)22-7-5-11-4-6-21-9-11;;/h1-3,8,10-11,21H,4-7,9H2,(H,22,24);2*1H. The number of hydrogen-bond acceptors (Lipinski definition) is 4. The summed E-state index contributed by atoms with van der Waals surface area (Å²) in [4.78, 5) is 16.3. The highest BCUT2D eigenvalue weighted by atomic mass is 35.5. The van der Waals surface area contributed by atoms with E-state index in [2.05, 4.69) is 15.6 Å². The summed E-state index contributed by atoms with van der Waals surface area (Å²) in [5.74, 6) is 0.289. The number of aromatic nitrogens is 1. The zero-order chi connectivity index (χ0) is 17.9.